The van der Waals surface area contributed by atoms with Gasteiger partial charge in [-0.25, -0.2) is 14.8 Å². The number of halogens is 2. The molecule has 0 radical (unpaired) electrons. The summed E-state index contributed by atoms with van der Waals surface area (Å²) in [6.07, 6.45) is 5.02. The molecule has 1 amide bonds. The molecule has 1 N–H and O–H groups in total. The number of nitrogens with zero attached hydrogens (tertiary/aromatic N) is 3. The lowest BCUT2D eigenvalue weighted by molar-refractivity contribution is 0.0955. The highest BCUT2D eigenvalue weighted by molar-refractivity contribution is 6.32. The second-order valence-electron chi connectivity index (χ2n) is 5.44. The maximum absolute atomic E-state index is 14.2. The van der Waals surface area contributed by atoms with E-state index in [4.69, 9.17) is 11.6 Å². The van der Waals surface area contributed by atoms with Gasteiger partial charge >= 0.3 is 0 Å². The van der Waals surface area contributed by atoms with Crippen LogP contribution in [-0.4, -0.2) is 30.2 Å². The molecule has 124 valence electrons. The summed E-state index contributed by atoms with van der Waals surface area (Å²) in [5.41, 5.74) is 3.69. The molecule has 7 heteroatoms. The molecule has 2 heterocycles. The Bertz CT molecular complexity index is 775. The van der Waals surface area contributed by atoms with Crippen molar-refractivity contribution in [2.75, 3.05) is 18.0 Å². The van der Waals surface area contributed by atoms with Gasteiger partial charge < -0.3 is 4.90 Å². The van der Waals surface area contributed by atoms with Crippen molar-refractivity contribution in [2.45, 2.75) is 12.8 Å². The summed E-state index contributed by atoms with van der Waals surface area (Å²) in [6.45, 7) is 1.91. The number of hydrazone groups is 1. The van der Waals surface area contributed by atoms with E-state index in [0.717, 1.165) is 31.6 Å². The minimum absolute atomic E-state index is 0.0892. The van der Waals surface area contributed by atoms with Crippen LogP contribution >= 0.6 is 11.6 Å². The summed E-state index contributed by atoms with van der Waals surface area (Å²) < 4.78 is 14.2. The SMILES string of the molecule is O=C(NN=Cc1ccc(N2CCCC2)cc1F)c1cccnc1Cl. The van der Waals surface area contributed by atoms with E-state index in [1.54, 1.807) is 12.1 Å². The molecular weight excluding hydrogens is 331 g/mol. The highest BCUT2D eigenvalue weighted by Crippen LogP contribution is 2.22. The first-order valence-electron chi connectivity index (χ1n) is 7.63. The Balaban J connectivity index is 1.66. The smallest absolute Gasteiger partial charge is 0.274 e. The van der Waals surface area contributed by atoms with E-state index < -0.39 is 5.91 Å². The molecular formula is C17H16ClFN4O. The van der Waals surface area contributed by atoms with Gasteiger partial charge in [0.1, 0.15) is 11.0 Å². The van der Waals surface area contributed by atoms with Gasteiger partial charge in [0.25, 0.3) is 5.91 Å². The van der Waals surface area contributed by atoms with E-state index >= 15 is 0 Å². The molecule has 0 atom stereocenters. The summed E-state index contributed by atoms with van der Waals surface area (Å²) in [4.78, 5) is 17.9. The fraction of sp³-hybridized carbons (Fsp3) is 0.235. The lowest BCUT2D eigenvalue weighted by atomic mass is 10.2. The number of nitrogens with one attached hydrogen (secondary N) is 1. The zero-order valence-corrected chi connectivity index (χ0v) is 13.6. The van der Waals surface area contributed by atoms with E-state index in [1.165, 1.54) is 24.5 Å². The van der Waals surface area contributed by atoms with Gasteiger partial charge in [0.2, 0.25) is 0 Å². The van der Waals surface area contributed by atoms with Crippen LogP contribution in [-0.2, 0) is 0 Å². The summed E-state index contributed by atoms with van der Waals surface area (Å²) in [6, 6.07) is 8.13. The second-order valence-corrected chi connectivity index (χ2v) is 5.80. The molecule has 0 saturated carbocycles. The quantitative estimate of drug-likeness (QED) is 0.525. The third-order valence-corrected chi connectivity index (χ3v) is 4.13. The molecule has 24 heavy (non-hydrogen) atoms. The van der Waals surface area contributed by atoms with E-state index in [2.05, 4.69) is 20.4 Å². The Hall–Kier alpha value is -2.47. The molecule has 1 fully saturated rings. The third kappa shape index (κ3) is 3.71. The Morgan fingerprint density at radius 1 is 1.33 bits per heavy atom. The van der Waals surface area contributed by atoms with E-state index in [9.17, 15) is 9.18 Å². The van der Waals surface area contributed by atoms with Gasteiger partial charge in [-0.1, -0.05) is 11.6 Å². The minimum Gasteiger partial charge on any atom is -0.371 e. The molecule has 0 unspecified atom stereocenters. The van der Waals surface area contributed by atoms with Crippen LogP contribution in [0.1, 0.15) is 28.8 Å². The number of carbonyl (C=O) groups excluding carboxylic acids is 1. The monoisotopic (exact) mass is 346 g/mol. The van der Waals surface area contributed by atoms with Crippen molar-refractivity contribution < 1.29 is 9.18 Å². The van der Waals surface area contributed by atoms with Crippen molar-refractivity contribution in [1.29, 1.82) is 0 Å². The van der Waals surface area contributed by atoms with E-state index in [1.807, 2.05) is 6.07 Å². The highest BCUT2D eigenvalue weighted by atomic mass is 35.5. The average Bonchev–Trinajstić information content (AvgIpc) is 3.11. The fourth-order valence-corrected chi connectivity index (χ4v) is 2.77. The fourth-order valence-electron chi connectivity index (χ4n) is 2.57. The predicted molar refractivity (Wildman–Crippen MR) is 92.2 cm³/mol. The number of amides is 1. The molecule has 1 saturated heterocycles. The van der Waals surface area contributed by atoms with Gasteiger partial charge in [-0.3, -0.25) is 4.79 Å². The molecule has 1 aliphatic rings. The topological polar surface area (TPSA) is 57.6 Å². The molecule has 0 spiro atoms. The summed E-state index contributed by atoms with van der Waals surface area (Å²) in [5, 5.41) is 3.87. The molecule has 3 rings (SSSR count). The van der Waals surface area contributed by atoms with Crippen LogP contribution in [0.4, 0.5) is 10.1 Å². The molecule has 0 bridgehead atoms. The van der Waals surface area contributed by atoms with Crippen LogP contribution in [0.2, 0.25) is 5.15 Å². The van der Waals surface area contributed by atoms with Gasteiger partial charge in [0.15, 0.2) is 0 Å². The molecule has 5 nitrogen and oxygen atoms in total. The van der Waals surface area contributed by atoms with Crippen molar-refractivity contribution in [2.24, 2.45) is 5.10 Å². The zero-order valence-electron chi connectivity index (χ0n) is 12.9. The number of aromatic nitrogens is 1. The van der Waals surface area contributed by atoms with Gasteiger partial charge in [0, 0.05) is 30.5 Å². The second kappa shape index (κ2) is 7.40. The lowest BCUT2D eigenvalue weighted by Crippen LogP contribution is -2.19. The van der Waals surface area contributed by atoms with Crippen molar-refractivity contribution in [1.82, 2.24) is 10.4 Å². The first kappa shape index (κ1) is 16.4. The lowest BCUT2D eigenvalue weighted by Gasteiger charge is -2.17. The molecule has 1 aromatic heterocycles. The van der Waals surface area contributed by atoms with Crippen LogP contribution in [0.5, 0.6) is 0 Å². The van der Waals surface area contributed by atoms with Crippen LogP contribution in [0.3, 0.4) is 0 Å². The molecule has 1 aliphatic heterocycles. The number of hydrogen-bond acceptors (Lipinski definition) is 4. The molecule has 0 aliphatic carbocycles. The predicted octanol–water partition coefficient (Wildman–Crippen LogP) is 3.24. The zero-order chi connectivity index (χ0) is 16.9. The average molecular weight is 347 g/mol. The van der Waals surface area contributed by atoms with Crippen LogP contribution in [0.15, 0.2) is 41.6 Å². The number of hydrogen-bond donors (Lipinski definition) is 1. The van der Waals surface area contributed by atoms with Gasteiger partial charge in [0.05, 0.1) is 11.8 Å². The van der Waals surface area contributed by atoms with Crippen molar-refractivity contribution in [3.05, 3.63) is 58.6 Å². The molecule has 2 aromatic rings. The van der Waals surface area contributed by atoms with E-state index in [0.29, 0.717) is 5.56 Å². The van der Waals surface area contributed by atoms with E-state index in [-0.39, 0.29) is 16.5 Å². The normalized spacial score (nSPS) is 14.3. The van der Waals surface area contributed by atoms with Gasteiger partial charge in [-0.05, 0) is 43.2 Å². The Kier molecular flexibility index (Phi) is 5.05. The Morgan fingerprint density at radius 3 is 2.83 bits per heavy atom. The maximum atomic E-state index is 14.2. The number of rotatable bonds is 4. The van der Waals surface area contributed by atoms with Gasteiger partial charge in [-0.2, -0.15) is 5.10 Å². The third-order valence-electron chi connectivity index (χ3n) is 3.83. The van der Waals surface area contributed by atoms with Crippen molar-refractivity contribution in [3.63, 3.8) is 0 Å². The number of carbonyl (C=O) groups is 1. The highest BCUT2D eigenvalue weighted by Gasteiger charge is 2.14. The standard InChI is InChI=1S/C17H16ClFN4O/c18-16-14(4-3-7-20-16)17(24)22-21-11-12-5-6-13(10-15(12)19)23-8-1-2-9-23/h3-7,10-11H,1-2,8-9H2,(H,22,24). The summed E-state index contributed by atoms with van der Waals surface area (Å²) in [7, 11) is 0. The van der Waals surface area contributed by atoms with Crippen molar-refractivity contribution in [3.8, 4) is 0 Å². The number of pyridine rings is 1. The number of benzene rings is 1. The Labute approximate surface area is 144 Å². The maximum Gasteiger partial charge on any atom is 0.274 e. The van der Waals surface area contributed by atoms with Crippen LogP contribution < -0.4 is 10.3 Å². The molecule has 1 aromatic carbocycles. The van der Waals surface area contributed by atoms with Gasteiger partial charge in [-0.15, -0.1) is 0 Å². The number of anilines is 1. The summed E-state index contributed by atoms with van der Waals surface area (Å²) in [5.74, 6) is -0.879. The minimum atomic E-state index is -0.501. The Morgan fingerprint density at radius 2 is 2.12 bits per heavy atom. The first-order chi connectivity index (χ1) is 11.6. The van der Waals surface area contributed by atoms with Crippen molar-refractivity contribution >= 4 is 29.4 Å². The summed E-state index contributed by atoms with van der Waals surface area (Å²) >= 11 is 5.83. The first-order valence-corrected chi connectivity index (χ1v) is 8.01. The van der Waals surface area contributed by atoms with Crippen LogP contribution in [0.25, 0.3) is 0 Å². The largest absolute Gasteiger partial charge is 0.371 e. The van der Waals surface area contributed by atoms with Crippen LogP contribution in [0, 0.1) is 5.82 Å².